The molecule has 1 aromatic carbocycles. The lowest BCUT2D eigenvalue weighted by atomic mass is 10.1. The Hall–Kier alpha value is -1.02. The maximum Gasteiger partial charge on any atom is 0.217 e. The molecule has 0 saturated carbocycles. The van der Waals surface area contributed by atoms with Crippen molar-refractivity contribution in [2.75, 3.05) is 25.4 Å². The maximum atomic E-state index is 13.5. The number of halogens is 1. The third kappa shape index (κ3) is 3.11. The van der Waals surface area contributed by atoms with Gasteiger partial charge in [-0.15, -0.1) is 0 Å². The highest BCUT2D eigenvalue weighted by molar-refractivity contribution is 7.89. The number of benzene rings is 1. The normalized spacial score (nSPS) is 29.0. The van der Waals surface area contributed by atoms with Gasteiger partial charge in [-0.05, 0) is 30.2 Å². The molecule has 2 saturated heterocycles. The van der Waals surface area contributed by atoms with Crippen molar-refractivity contribution in [1.29, 1.82) is 0 Å². The van der Waals surface area contributed by atoms with Gasteiger partial charge in [-0.2, -0.15) is 4.31 Å². The highest BCUT2D eigenvalue weighted by atomic mass is 32.2. The molecule has 0 aliphatic carbocycles. The SMILES string of the molecule is Cc1cc(F)cc(CN2[C@@H]3CNC[C@@H]3OCCS2(=O)=O)c1. The molecule has 0 unspecified atom stereocenters. The summed E-state index contributed by atoms with van der Waals surface area (Å²) in [6.45, 7) is 3.42. The number of sulfonamides is 1. The van der Waals surface area contributed by atoms with Gasteiger partial charge in [-0.25, -0.2) is 12.8 Å². The second kappa shape index (κ2) is 5.64. The summed E-state index contributed by atoms with van der Waals surface area (Å²) < 4.78 is 45.5. The van der Waals surface area contributed by atoms with Gasteiger partial charge in [0.15, 0.2) is 0 Å². The number of hydrogen-bond acceptors (Lipinski definition) is 4. The molecule has 2 aliphatic heterocycles. The summed E-state index contributed by atoms with van der Waals surface area (Å²) in [4.78, 5) is 0. The van der Waals surface area contributed by atoms with Crippen molar-refractivity contribution in [2.24, 2.45) is 0 Å². The third-order valence-electron chi connectivity index (χ3n) is 3.97. The first-order valence-electron chi connectivity index (χ1n) is 7.03. The Bertz CT molecular complexity index is 615. The highest BCUT2D eigenvalue weighted by Crippen LogP contribution is 2.24. The molecule has 0 aromatic heterocycles. The summed E-state index contributed by atoms with van der Waals surface area (Å²) >= 11 is 0. The zero-order chi connectivity index (χ0) is 15.0. The second-order valence-electron chi connectivity index (χ2n) is 5.63. The standard InChI is InChI=1S/C14H19FN2O3S/c1-10-4-11(6-12(15)5-10)9-17-13-7-16-8-14(13)20-2-3-21(17,18)19/h4-6,13-14,16H,2-3,7-9H2,1H3/t13-,14+/m1/s1. The minimum atomic E-state index is -3.39. The Morgan fingerprint density at radius 2 is 2.19 bits per heavy atom. The fourth-order valence-corrected chi connectivity index (χ4v) is 4.54. The molecule has 3 rings (SSSR count). The number of nitrogens with one attached hydrogen (secondary N) is 1. The van der Waals surface area contributed by atoms with Gasteiger partial charge < -0.3 is 10.1 Å². The Morgan fingerprint density at radius 1 is 1.38 bits per heavy atom. The number of hydrogen-bond donors (Lipinski definition) is 1. The molecule has 2 atom stereocenters. The third-order valence-corrected chi connectivity index (χ3v) is 5.77. The second-order valence-corrected chi connectivity index (χ2v) is 7.67. The van der Waals surface area contributed by atoms with Crippen molar-refractivity contribution < 1.29 is 17.5 Å². The molecule has 5 nitrogen and oxygen atoms in total. The van der Waals surface area contributed by atoms with Crippen LogP contribution in [0.3, 0.4) is 0 Å². The maximum absolute atomic E-state index is 13.5. The van der Waals surface area contributed by atoms with Gasteiger partial charge in [-0.3, -0.25) is 0 Å². The fourth-order valence-electron chi connectivity index (χ4n) is 3.03. The number of nitrogens with zero attached hydrogens (tertiary/aromatic N) is 1. The minimum Gasteiger partial charge on any atom is -0.374 e. The van der Waals surface area contributed by atoms with Crippen molar-refractivity contribution in [1.82, 2.24) is 9.62 Å². The van der Waals surface area contributed by atoms with Crippen LogP contribution in [0.5, 0.6) is 0 Å². The molecular weight excluding hydrogens is 295 g/mol. The van der Waals surface area contributed by atoms with E-state index < -0.39 is 10.0 Å². The van der Waals surface area contributed by atoms with Gasteiger partial charge in [0.2, 0.25) is 10.0 Å². The summed E-state index contributed by atoms with van der Waals surface area (Å²) in [7, 11) is -3.39. The van der Waals surface area contributed by atoms with Crippen LogP contribution < -0.4 is 5.32 Å². The van der Waals surface area contributed by atoms with E-state index in [0.29, 0.717) is 18.7 Å². The van der Waals surface area contributed by atoms with Crippen LogP contribution in [0.2, 0.25) is 0 Å². The number of aryl methyl sites for hydroxylation is 1. The average Bonchev–Trinajstić information content (AvgIpc) is 2.78. The van der Waals surface area contributed by atoms with Gasteiger partial charge in [-0.1, -0.05) is 6.07 Å². The molecule has 21 heavy (non-hydrogen) atoms. The molecule has 2 heterocycles. The predicted molar refractivity (Wildman–Crippen MR) is 76.9 cm³/mol. The lowest BCUT2D eigenvalue weighted by molar-refractivity contribution is 0.0495. The van der Waals surface area contributed by atoms with Crippen LogP contribution in [0.4, 0.5) is 4.39 Å². The lowest BCUT2D eigenvalue weighted by Gasteiger charge is -2.28. The smallest absolute Gasteiger partial charge is 0.217 e. The zero-order valence-electron chi connectivity index (χ0n) is 11.9. The van der Waals surface area contributed by atoms with Gasteiger partial charge in [0.25, 0.3) is 0 Å². The topological polar surface area (TPSA) is 58.6 Å². The van der Waals surface area contributed by atoms with E-state index in [0.717, 1.165) is 5.56 Å². The quantitative estimate of drug-likeness (QED) is 0.870. The molecule has 0 radical (unpaired) electrons. The number of rotatable bonds is 2. The average molecular weight is 314 g/mol. The van der Waals surface area contributed by atoms with Crippen LogP contribution in [0.15, 0.2) is 18.2 Å². The van der Waals surface area contributed by atoms with Crippen molar-refractivity contribution in [2.45, 2.75) is 25.6 Å². The summed E-state index contributed by atoms with van der Waals surface area (Å²) in [5.41, 5.74) is 1.46. The molecular formula is C14H19FN2O3S. The van der Waals surface area contributed by atoms with Crippen LogP contribution in [0.1, 0.15) is 11.1 Å². The predicted octanol–water partition coefficient (Wildman–Crippen LogP) is 0.637. The van der Waals surface area contributed by atoms with E-state index in [-0.39, 0.29) is 36.9 Å². The van der Waals surface area contributed by atoms with E-state index in [1.54, 1.807) is 6.92 Å². The van der Waals surface area contributed by atoms with E-state index >= 15 is 0 Å². The van der Waals surface area contributed by atoms with E-state index in [9.17, 15) is 12.8 Å². The van der Waals surface area contributed by atoms with Crippen LogP contribution in [0, 0.1) is 12.7 Å². The summed E-state index contributed by atoms with van der Waals surface area (Å²) in [5.74, 6) is -0.358. The minimum absolute atomic E-state index is 0.0195. The van der Waals surface area contributed by atoms with Crippen LogP contribution in [-0.4, -0.2) is 50.3 Å². The van der Waals surface area contributed by atoms with Gasteiger partial charge >= 0.3 is 0 Å². The molecule has 116 valence electrons. The molecule has 1 N–H and O–H groups in total. The summed E-state index contributed by atoms with van der Waals surface area (Å²) in [5, 5.41) is 3.16. The lowest BCUT2D eigenvalue weighted by Crippen LogP contribution is -2.45. The largest absolute Gasteiger partial charge is 0.374 e. The molecule has 0 bridgehead atoms. The Labute approximate surface area is 124 Å². The first kappa shape index (κ1) is 14.9. The van der Waals surface area contributed by atoms with E-state index in [4.69, 9.17) is 4.74 Å². The first-order valence-corrected chi connectivity index (χ1v) is 8.64. The Balaban J connectivity index is 1.92. The van der Waals surface area contributed by atoms with E-state index in [2.05, 4.69) is 5.32 Å². The molecule has 1 aromatic rings. The summed E-state index contributed by atoms with van der Waals surface area (Å²) in [6, 6.07) is 4.43. The highest BCUT2D eigenvalue weighted by Gasteiger charge is 2.41. The van der Waals surface area contributed by atoms with Crippen molar-refractivity contribution in [3.05, 3.63) is 35.1 Å². The monoisotopic (exact) mass is 314 g/mol. The fraction of sp³-hybridized carbons (Fsp3) is 0.571. The van der Waals surface area contributed by atoms with Gasteiger partial charge in [0.1, 0.15) is 5.82 Å². The molecule has 2 aliphatic rings. The Kier molecular flexibility index (Phi) is 4.00. The molecule has 7 heteroatoms. The van der Waals surface area contributed by atoms with E-state index in [1.165, 1.54) is 16.4 Å². The summed E-state index contributed by atoms with van der Waals surface area (Å²) in [6.07, 6.45) is -0.128. The van der Waals surface area contributed by atoms with Crippen molar-refractivity contribution in [3.63, 3.8) is 0 Å². The Morgan fingerprint density at radius 3 is 2.95 bits per heavy atom. The molecule has 0 spiro atoms. The van der Waals surface area contributed by atoms with Crippen LogP contribution in [0.25, 0.3) is 0 Å². The zero-order valence-corrected chi connectivity index (χ0v) is 12.7. The van der Waals surface area contributed by atoms with Crippen molar-refractivity contribution in [3.8, 4) is 0 Å². The number of fused-ring (bicyclic) bond motifs is 1. The van der Waals surface area contributed by atoms with Gasteiger partial charge in [0, 0.05) is 19.6 Å². The van der Waals surface area contributed by atoms with Gasteiger partial charge in [0.05, 0.1) is 24.5 Å². The van der Waals surface area contributed by atoms with Crippen LogP contribution in [-0.2, 0) is 21.3 Å². The molecule has 0 amide bonds. The molecule has 2 fully saturated rings. The van der Waals surface area contributed by atoms with Crippen LogP contribution >= 0.6 is 0 Å². The number of ether oxygens (including phenoxy) is 1. The van der Waals surface area contributed by atoms with E-state index in [1.807, 2.05) is 6.07 Å². The first-order chi connectivity index (χ1) is 9.95. The van der Waals surface area contributed by atoms with Crippen molar-refractivity contribution >= 4 is 10.0 Å².